The van der Waals surface area contributed by atoms with Crippen molar-refractivity contribution in [2.45, 2.75) is 6.04 Å². The van der Waals surface area contributed by atoms with Gasteiger partial charge in [-0.25, -0.2) is 0 Å². The van der Waals surface area contributed by atoms with Crippen LogP contribution in [0.1, 0.15) is 11.6 Å². The van der Waals surface area contributed by atoms with Crippen LogP contribution in [0, 0.1) is 0 Å². The van der Waals surface area contributed by atoms with Gasteiger partial charge in [0.05, 0.1) is 0 Å². The summed E-state index contributed by atoms with van der Waals surface area (Å²) in [6, 6.07) is 12.1. The van der Waals surface area contributed by atoms with E-state index in [4.69, 9.17) is 5.73 Å². The topological polar surface area (TPSA) is 30.9 Å². The Morgan fingerprint density at radius 2 is 1.73 bits per heavy atom. The standard InChI is InChI=1S/C13H14N2/c1-2-13(14)11-5-7-12(8-6-11)15-9-3-4-10-15/h2-10,13H,1,14H2/t13-/m1/s1. The lowest BCUT2D eigenvalue weighted by Crippen LogP contribution is -2.06. The van der Waals surface area contributed by atoms with Crippen molar-refractivity contribution in [2.75, 3.05) is 0 Å². The zero-order valence-corrected chi connectivity index (χ0v) is 8.51. The van der Waals surface area contributed by atoms with Crippen LogP contribution in [-0.2, 0) is 0 Å². The fourth-order valence-electron chi connectivity index (χ4n) is 1.51. The van der Waals surface area contributed by atoms with Gasteiger partial charge < -0.3 is 10.3 Å². The van der Waals surface area contributed by atoms with Gasteiger partial charge in [-0.2, -0.15) is 0 Å². The molecule has 0 saturated carbocycles. The van der Waals surface area contributed by atoms with Crippen LogP contribution in [-0.4, -0.2) is 4.57 Å². The summed E-state index contributed by atoms with van der Waals surface area (Å²) in [5.41, 5.74) is 8.06. The SMILES string of the molecule is C=C[C@@H](N)c1ccc(-n2cccc2)cc1. The van der Waals surface area contributed by atoms with Gasteiger partial charge in [-0.3, -0.25) is 0 Å². The smallest absolute Gasteiger partial charge is 0.0478 e. The molecule has 2 rings (SSSR count). The van der Waals surface area contributed by atoms with Crippen LogP contribution in [0.15, 0.2) is 61.4 Å². The van der Waals surface area contributed by atoms with E-state index < -0.39 is 0 Å². The molecule has 0 bridgehead atoms. The second-order valence-corrected chi connectivity index (χ2v) is 3.44. The molecule has 0 aliphatic heterocycles. The molecule has 0 amide bonds. The summed E-state index contributed by atoms with van der Waals surface area (Å²) in [6.07, 6.45) is 5.77. The zero-order valence-electron chi connectivity index (χ0n) is 8.51. The third kappa shape index (κ3) is 2.00. The Bertz CT molecular complexity index is 426. The van der Waals surface area contributed by atoms with Crippen LogP contribution in [0.3, 0.4) is 0 Å². The van der Waals surface area contributed by atoms with Gasteiger partial charge in [0.15, 0.2) is 0 Å². The molecule has 1 heterocycles. The number of nitrogens with two attached hydrogens (primary N) is 1. The highest BCUT2D eigenvalue weighted by Gasteiger charge is 2.00. The molecule has 1 atom stereocenters. The van der Waals surface area contributed by atoms with Crippen molar-refractivity contribution >= 4 is 0 Å². The Hall–Kier alpha value is -1.80. The maximum Gasteiger partial charge on any atom is 0.0478 e. The van der Waals surface area contributed by atoms with Crippen molar-refractivity contribution in [1.82, 2.24) is 4.57 Å². The van der Waals surface area contributed by atoms with Crippen LogP contribution in [0.4, 0.5) is 0 Å². The quantitative estimate of drug-likeness (QED) is 0.755. The normalized spacial score (nSPS) is 12.3. The summed E-state index contributed by atoms with van der Waals surface area (Å²) in [5.74, 6) is 0. The summed E-state index contributed by atoms with van der Waals surface area (Å²) in [6.45, 7) is 3.68. The van der Waals surface area contributed by atoms with E-state index in [-0.39, 0.29) is 6.04 Å². The van der Waals surface area contributed by atoms with Gasteiger partial charge in [0, 0.05) is 24.1 Å². The van der Waals surface area contributed by atoms with Crippen LogP contribution in [0.25, 0.3) is 5.69 Å². The predicted octanol–water partition coefficient (Wildman–Crippen LogP) is 2.66. The van der Waals surface area contributed by atoms with Crippen molar-refractivity contribution in [2.24, 2.45) is 5.73 Å². The van der Waals surface area contributed by atoms with E-state index in [1.165, 1.54) is 0 Å². The van der Waals surface area contributed by atoms with Gasteiger partial charge in [-0.1, -0.05) is 18.2 Å². The average Bonchev–Trinajstić information content (AvgIpc) is 2.82. The largest absolute Gasteiger partial charge is 0.324 e. The van der Waals surface area contributed by atoms with Gasteiger partial charge in [-0.15, -0.1) is 6.58 Å². The number of hydrogen-bond acceptors (Lipinski definition) is 1. The molecule has 0 fully saturated rings. The summed E-state index contributed by atoms with van der Waals surface area (Å²) < 4.78 is 2.06. The molecule has 0 saturated heterocycles. The molecule has 0 radical (unpaired) electrons. The Labute approximate surface area is 89.7 Å². The minimum absolute atomic E-state index is 0.0799. The van der Waals surface area contributed by atoms with E-state index in [0.29, 0.717) is 0 Å². The molecule has 2 nitrogen and oxygen atoms in total. The number of hydrogen-bond donors (Lipinski definition) is 1. The maximum atomic E-state index is 5.84. The highest BCUT2D eigenvalue weighted by molar-refractivity contribution is 5.36. The van der Waals surface area contributed by atoms with Crippen LogP contribution in [0.2, 0.25) is 0 Å². The maximum absolute atomic E-state index is 5.84. The Morgan fingerprint density at radius 1 is 1.13 bits per heavy atom. The van der Waals surface area contributed by atoms with Crippen LogP contribution < -0.4 is 5.73 Å². The average molecular weight is 198 g/mol. The van der Waals surface area contributed by atoms with Crippen molar-refractivity contribution < 1.29 is 0 Å². The lowest BCUT2D eigenvalue weighted by Gasteiger charge is -2.08. The van der Waals surface area contributed by atoms with Gasteiger partial charge in [0.1, 0.15) is 0 Å². The number of nitrogens with zero attached hydrogens (tertiary/aromatic N) is 1. The first kappa shape index (κ1) is 9.74. The third-order valence-electron chi connectivity index (χ3n) is 2.43. The molecule has 2 N–H and O–H groups in total. The molecule has 15 heavy (non-hydrogen) atoms. The molecule has 2 heteroatoms. The highest BCUT2D eigenvalue weighted by Crippen LogP contribution is 2.14. The highest BCUT2D eigenvalue weighted by atomic mass is 14.9. The van der Waals surface area contributed by atoms with E-state index in [9.17, 15) is 0 Å². The fraction of sp³-hybridized carbons (Fsp3) is 0.0769. The second kappa shape index (κ2) is 4.15. The lowest BCUT2D eigenvalue weighted by atomic mass is 10.1. The molecule has 1 aromatic heterocycles. The first-order chi connectivity index (χ1) is 7.31. The van der Waals surface area contributed by atoms with E-state index in [1.54, 1.807) is 6.08 Å². The predicted molar refractivity (Wildman–Crippen MR) is 62.9 cm³/mol. The Balaban J connectivity index is 2.28. The van der Waals surface area contributed by atoms with Gasteiger partial charge in [0.25, 0.3) is 0 Å². The number of aromatic nitrogens is 1. The summed E-state index contributed by atoms with van der Waals surface area (Å²) in [7, 11) is 0. The van der Waals surface area contributed by atoms with E-state index in [2.05, 4.69) is 23.3 Å². The van der Waals surface area contributed by atoms with E-state index in [0.717, 1.165) is 11.3 Å². The number of rotatable bonds is 3. The molecule has 1 aromatic carbocycles. The summed E-state index contributed by atoms with van der Waals surface area (Å²) in [4.78, 5) is 0. The molecular formula is C13H14N2. The van der Waals surface area contributed by atoms with Gasteiger partial charge in [0.2, 0.25) is 0 Å². The van der Waals surface area contributed by atoms with Crippen molar-refractivity contribution in [3.8, 4) is 5.69 Å². The second-order valence-electron chi connectivity index (χ2n) is 3.44. The molecule has 0 spiro atoms. The number of benzene rings is 1. The molecule has 0 aliphatic carbocycles. The third-order valence-corrected chi connectivity index (χ3v) is 2.43. The molecule has 76 valence electrons. The molecule has 2 aromatic rings. The molecule has 0 aliphatic rings. The monoisotopic (exact) mass is 198 g/mol. The Morgan fingerprint density at radius 3 is 2.27 bits per heavy atom. The minimum atomic E-state index is -0.0799. The first-order valence-corrected chi connectivity index (χ1v) is 4.92. The zero-order chi connectivity index (χ0) is 10.7. The van der Waals surface area contributed by atoms with Crippen molar-refractivity contribution in [3.63, 3.8) is 0 Å². The molecule has 0 unspecified atom stereocenters. The molecular weight excluding hydrogens is 184 g/mol. The van der Waals surface area contributed by atoms with E-state index >= 15 is 0 Å². The van der Waals surface area contributed by atoms with E-state index in [1.807, 2.05) is 36.7 Å². The minimum Gasteiger partial charge on any atom is -0.324 e. The summed E-state index contributed by atoms with van der Waals surface area (Å²) in [5, 5.41) is 0. The van der Waals surface area contributed by atoms with Gasteiger partial charge >= 0.3 is 0 Å². The Kier molecular flexibility index (Phi) is 2.70. The van der Waals surface area contributed by atoms with Crippen molar-refractivity contribution in [1.29, 1.82) is 0 Å². The fourth-order valence-corrected chi connectivity index (χ4v) is 1.51. The van der Waals surface area contributed by atoms with Gasteiger partial charge in [-0.05, 0) is 29.8 Å². The van der Waals surface area contributed by atoms with Crippen LogP contribution in [0.5, 0.6) is 0 Å². The lowest BCUT2D eigenvalue weighted by molar-refractivity contribution is 0.912. The van der Waals surface area contributed by atoms with Crippen LogP contribution >= 0.6 is 0 Å². The first-order valence-electron chi connectivity index (χ1n) is 4.92. The van der Waals surface area contributed by atoms with Crippen molar-refractivity contribution in [3.05, 3.63) is 67.0 Å². The summed E-state index contributed by atoms with van der Waals surface area (Å²) >= 11 is 0.